The van der Waals surface area contributed by atoms with E-state index in [-0.39, 0.29) is 23.5 Å². The summed E-state index contributed by atoms with van der Waals surface area (Å²) in [5.41, 5.74) is 7.44. The number of aryl methyl sites for hydroxylation is 2. The van der Waals surface area contributed by atoms with Crippen LogP contribution in [0.5, 0.6) is 0 Å². The molecule has 0 radical (unpaired) electrons. The van der Waals surface area contributed by atoms with Crippen LogP contribution in [0, 0.1) is 24.0 Å². The van der Waals surface area contributed by atoms with E-state index in [9.17, 15) is 20.0 Å². The maximum atomic E-state index is 12.3. The van der Waals surface area contributed by atoms with Crippen molar-refractivity contribution in [3.8, 4) is 0 Å². The van der Waals surface area contributed by atoms with Crippen molar-refractivity contribution in [3.63, 3.8) is 0 Å². The number of hydrogen-bond acceptors (Lipinski definition) is 5. The van der Waals surface area contributed by atoms with Gasteiger partial charge in [0.15, 0.2) is 0 Å². The number of aliphatic hydroxyl groups is 1. The Hall–Kier alpha value is -2.93. The van der Waals surface area contributed by atoms with Crippen LogP contribution < -0.4 is 11.1 Å². The molecule has 0 spiro atoms. The number of nitro groups is 1. The smallest absolute Gasteiger partial charge is 0.293 e. The molecule has 7 heteroatoms. The summed E-state index contributed by atoms with van der Waals surface area (Å²) in [4.78, 5) is 22.7. The number of hydrogen-bond donors (Lipinski definition) is 3. The third-order valence-electron chi connectivity index (χ3n) is 3.75. The van der Waals surface area contributed by atoms with Gasteiger partial charge in [-0.15, -0.1) is 0 Å². The number of nitrogen functional groups attached to an aromatic ring is 1. The highest BCUT2D eigenvalue weighted by molar-refractivity contribution is 6.01. The van der Waals surface area contributed by atoms with Crippen LogP contribution in [-0.2, 0) is 0 Å². The fraction of sp³-hybridized carbons (Fsp3) is 0.235. The average Bonchev–Trinajstić information content (AvgIpc) is 2.54. The molecule has 0 bridgehead atoms. The molecule has 7 nitrogen and oxygen atoms in total. The number of nitrogens with one attached hydrogen (secondary N) is 1. The van der Waals surface area contributed by atoms with E-state index < -0.39 is 16.9 Å². The van der Waals surface area contributed by atoms with Crippen LogP contribution in [-0.4, -0.2) is 22.5 Å². The van der Waals surface area contributed by atoms with Crippen LogP contribution in [0.25, 0.3) is 0 Å². The topological polar surface area (TPSA) is 118 Å². The van der Waals surface area contributed by atoms with E-state index in [1.54, 1.807) is 19.1 Å². The monoisotopic (exact) mass is 329 g/mol. The summed E-state index contributed by atoms with van der Waals surface area (Å²) in [6.07, 6.45) is -0.879. The van der Waals surface area contributed by atoms with E-state index in [0.717, 1.165) is 5.56 Å². The van der Waals surface area contributed by atoms with E-state index in [1.165, 1.54) is 12.1 Å². The second kappa shape index (κ2) is 7.10. The number of nitro benzene ring substituents is 1. The molecule has 24 heavy (non-hydrogen) atoms. The molecule has 2 rings (SSSR count). The molecule has 0 heterocycles. The van der Waals surface area contributed by atoms with E-state index >= 15 is 0 Å². The van der Waals surface area contributed by atoms with Gasteiger partial charge in [-0.3, -0.25) is 14.9 Å². The molecule has 2 aromatic carbocycles. The molecule has 1 atom stereocenters. The Morgan fingerprint density at radius 1 is 1.33 bits per heavy atom. The standard InChI is InChI=1S/C17H19N3O4/c1-10-7-13(16(18)14(8-10)20(23)24)17(22)19-9-15(21)12-6-4-3-5-11(12)2/h3-8,15,21H,9,18H2,1-2H3,(H,19,22). The normalized spacial score (nSPS) is 11.8. The highest BCUT2D eigenvalue weighted by atomic mass is 16.6. The second-order valence-electron chi connectivity index (χ2n) is 5.58. The van der Waals surface area contributed by atoms with Gasteiger partial charge in [0.25, 0.3) is 11.6 Å². The lowest BCUT2D eigenvalue weighted by Crippen LogP contribution is -2.29. The SMILES string of the molecule is Cc1cc(C(=O)NCC(O)c2ccccc2C)c(N)c([N+](=O)[O-])c1. The number of nitrogens with two attached hydrogens (primary N) is 1. The number of carbonyl (C=O) groups excluding carboxylic acids is 1. The number of rotatable bonds is 5. The van der Waals surface area contributed by atoms with Crippen molar-refractivity contribution in [2.75, 3.05) is 12.3 Å². The molecule has 2 aromatic rings. The van der Waals surface area contributed by atoms with Crippen LogP contribution in [0.2, 0.25) is 0 Å². The number of carbonyl (C=O) groups is 1. The lowest BCUT2D eigenvalue weighted by Gasteiger charge is -2.15. The molecular weight excluding hydrogens is 310 g/mol. The molecule has 0 fully saturated rings. The quantitative estimate of drug-likeness (QED) is 0.442. The largest absolute Gasteiger partial charge is 0.393 e. The first-order chi connectivity index (χ1) is 11.3. The van der Waals surface area contributed by atoms with Crippen molar-refractivity contribution in [1.29, 1.82) is 0 Å². The van der Waals surface area contributed by atoms with E-state index in [4.69, 9.17) is 5.73 Å². The number of aliphatic hydroxyl groups excluding tert-OH is 1. The molecule has 0 saturated heterocycles. The van der Waals surface area contributed by atoms with Crippen molar-refractivity contribution < 1.29 is 14.8 Å². The highest BCUT2D eigenvalue weighted by Crippen LogP contribution is 2.27. The zero-order chi connectivity index (χ0) is 17.9. The number of amides is 1. The number of nitrogens with zero attached hydrogens (tertiary/aromatic N) is 1. The lowest BCUT2D eigenvalue weighted by molar-refractivity contribution is -0.384. The van der Waals surface area contributed by atoms with Gasteiger partial charge in [-0.1, -0.05) is 24.3 Å². The van der Waals surface area contributed by atoms with Crippen molar-refractivity contribution in [2.24, 2.45) is 0 Å². The van der Waals surface area contributed by atoms with Gasteiger partial charge in [-0.25, -0.2) is 0 Å². The molecule has 4 N–H and O–H groups in total. The summed E-state index contributed by atoms with van der Waals surface area (Å²) in [7, 11) is 0. The van der Waals surface area contributed by atoms with Gasteiger partial charge in [-0.05, 0) is 36.6 Å². The molecule has 0 aliphatic carbocycles. The zero-order valence-corrected chi connectivity index (χ0v) is 13.4. The Morgan fingerprint density at radius 2 is 2.00 bits per heavy atom. The minimum absolute atomic E-state index is 0.0230. The summed E-state index contributed by atoms with van der Waals surface area (Å²) < 4.78 is 0. The van der Waals surface area contributed by atoms with Crippen LogP contribution in [0.4, 0.5) is 11.4 Å². The van der Waals surface area contributed by atoms with Gasteiger partial charge in [0, 0.05) is 12.6 Å². The van der Waals surface area contributed by atoms with E-state index in [2.05, 4.69) is 5.32 Å². The van der Waals surface area contributed by atoms with Gasteiger partial charge in [0.2, 0.25) is 0 Å². The molecule has 1 unspecified atom stereocenters. The average molecular weight is 329 g/mol. The van der Waals surface area contributed by atoms with Gasteiger partial charge in [0.05, 0.1) is 16.6 Å². The van der Waals surface area contributed by atoms with Gasteiger partial charge in [-0.2, -0.15) is 0 Å². The second-order valence-corrected chi connectivity index (χ2v) is 5.58. The van der Waals surface area contributed by atoms with Gasteiger partial charge < -0.3 is 16.2 Å². The molecule has 0 aliphatic rings. The molecule has 126 valence electrons. The summed E-state index contributed by atoms with van der Waals surface area (Å²) >= 11 is 0. The maximum absolute atomic E-state index is 12.3. The lowest BCUT2D eigenvalue weighted by atomic mass is 10.0. The first-order valence-corrected chi connectivity index (χ1v) is 7.37. The van der Waals surface area contributed by atoms with E-state index in [1.807, 2.05) is 19.1 Å². The Balaban J connectivity index is 2.16. The molecule has 0 aliphatic heterocycles. The predicted molar refractivity (Wildman–Crippen MR) is 90.7 cm³/mol. The van der Waals surface area contributed by atoms with Crippen molar-refractivity contribution in [1.82, 2.24) is 5.32 Å². The van der Waals surface area contributed by atoms with Crippen molar-refractivity contribution in [3.05, 3.63) is 68.8 Å². The van der Waals surface area contributed by atoms with Crippen LogP contribution in [0.3, 0.4) is 0 Å². The molecule has 0 saturated carbocycles. The number of anilines is 1. The summed E-state index contributed by atoms with van der Waals surface area (Å²) in [5, 5.41) is 23.8. The van der Waals surface area contributed by atoms with Crippen molar-refractivity contribution in [2.45, 2.75) is 20.0 Å². The minimum atomic E-state index is -0.879. The predicted octanol–water partition coefficient (Wildman–Crippen LogP) is 2.26. The fourth-order valence-electron chi connectivity index (χ4n) is 2.47. The fourth-order valence-corrected chi connectivity index (χ4v) is 2.47. The van der Waals surface area contributed by atoms with Crippen LogP contribution in [0.1, 0.15) is 33.2 Å². The summed E-state index contributed by atoms with van der Waals surface area (Å²) in [6, 6.07) is 10.1. The maximum Gasteiger partial charge on any atom is 0.293 e. The molecule has 0 aromatic heterocycles. The Bertz CT molecular complexity index is 789. The van der Waals surface area contributed by atoms with Crippen LogP contribution >= 0.6 is 0 Å². The zero-order valence-electron chi connectivity index (χ0n) is 13.4. The molecular formula is C17H19N3O4. The van der Waals surface area contributed by atoms with Gasteiger partial charge >= 0.3 is 0 Å². The summed E-state index contributed by atoms with van der Waals surface area (Å²) in [5.74, 6) is -0.563. The Labute approximate surface area is 139 Å². The third-order valence-corrected chi connectivity index (χ3v) is 3.75. The summed E-state index contributed by atoms with van der Waals surface area (Å²) in [6.45, 7) is 3.48. The first kappa shape index (κ1) is 17.4. The highest BCUT2D eigenvalue weighted by Gasteiger charge is 2.21. The first-order valence-electron chi connectivity index (χ1n) is 7.37. The molecule has 1 amide bonds. The Morgan fingerprint density at radius 3 is 2.62 bits per heavy atom. The minimum Gasteiger partial charge on any atom is -0.393 e. The van der Waals surface area contributed by atoms with Gasteiger partial charge in [0.1, 0.15) is 5.69 Å². The van der Waals surface area contributed by atoms with E-state index in [0.29, 0.717) is 11.1 Å². The van der Waals surface area contributed by atoms with Crippen LogP contribution in [0.15, 0.2) is 36.4 Å². The third kappa shape index (κ3) is 3.69. The van der Waals surface area contributed by atoms with Crippen molar-refractivity contribution >= 4 is 17.3 Å². The number of benzene rings is 2. The Kier molecular flexibility index (Phi) is 5.15.